The van der Waals surface area contributed by atoms with Crippen LogP contribution >= 0.6 is 0 Å². The summed E-state index contributed by atoms with van der Waals surface area (Å²) in [6.45, 7) is 3.85. The van der Waals surface area contributed by atoms with Crippen LogP contribution in [0.15, 0.2) is 78.3 Å². The summed E-state index contributed by atoms with van der Waals surface area (Å²) in [5, 5.41) is 0. The van der Waals surface area contributed by atoms with Gasteiger partial charge in [0, 0.05) is 5.56 Å². The Hall–Kier alpha value is -2.35. The van der Waals surface area contributed by atoms with Gasteiger partial charge in [0.15, 0.2) is 0 Å². The van der Waals surface area contributed by atoms with E-state index >= 15 is 0 Å². The minimum atomic E-state index is -0.0994. The molecule has 19 heavy (non-hydrogen) atoms. The Balaban J connectivity index is 1.96. The monoisotopic (exact) mass is 249 g/mol. The molecule has 1 heterocycles. The molecule has 0 bridgehead atoms. The molecule has 2 heteroatoms. The highest BCUT2D eigenvalue weighted by molar-refractivity contribution is 5.95. The van der Waals surface area contributed by atoms with E-state index in [2.05, 4.69) is 18.7 Å². The van der Waals surface area contributed by atoms with Gasteiger partial charge < -0.3 is 4.74 Å². The van der Waals surface area contributed by atoms with E-state index in [0.717, 1.165) is 11.1 Å². The summed E-state index contributed by atoms with van der Waals surface area (Å²) in [6, 6.07) is 20.1. The van der Waals surface area contributed by atoms with Crippen LogP contribution in [0.25, 0.3) is 0 Å². The van der Waals surface area contributed by atoms with Gasteiger partial charge in [-0.1, -0.05) is 55.1 Å². The van der Waals surface area contributed by atoms with Crippen LogP contribution in [0.5, 0.6) is 0 Å². The number of nitrogens with zero attached hydrogens (tertiary/aromatic N) is 1. The Morgan fingerprint density at radius 3 is 2.21 bits per heavy atom. The van der Waals surface area contributed by atoms with Crippen molar-refractivity contribution in [1.29, 1.82) is 0 Å². The standard InChI is InChI=1S/C17H15NO/c1-2-15-16(13-9-5-3-6-10-13)18-17(19-15)14-11-7-4-8-12-14/h2-12,15-16H,1H2/t15?,16-/m0/s1. The van der Waals surface area contributed by atoms with Crippen molar-refractivity contribution in [2.24, 2.45) is 4.99 Å². The van der Waals surface area contributed by atoms with Crippen LogP contribution in [0.2, 0.25) is 0 Å². The summed E-state index contributed by atoms with van der Waals surface area (Å²) in [5.41, 5.74) is 2.16. The molecule has 0 radical (unpaired) electrons. The molecule has 3 rings (SSSR count). The average molecular weight is 249 g/mol. The maximum atomic E-state index is 5.90. The van der Waals surface area contributed by atoms with Gasteiger partial charge in [0.25, 0.3) is 0 Å². The fourth-order valence-electron chi connectivity index (χ4n) is 2.24. The predicted octanol–water partition coefficient (Wildman–Crippen LogP) is 3.76. The highest BCUT2D eigenvalue weighted by atomic mass is 16.5. The first-order valence-corrected chi connectivity index (χ1v) is 6.36. The van der Waals surface area contributed by atoms with E-state index in [1.807, 2.05) is 54.6 Å². The van der Waals surface area contributed by atoms with Gasteiger partial charge in [-0.05, 0) is 23.8 Å². The molecule has 1 aliphatic heterocycles. The minimum absolute atomic E-state index is 0.00564. The Bertz CT molecular complexity index is 589. The van der Waals surface area contributed by atoms with Gasteiger partial charge in [0.2, 0.25) is 5.90 Å². The SMILES string of the molecule is C=CC1OC(c2ccccc2)=N[C@H]1c1ccccc1. The third kappa shape index (κ3) is 2.29. The smallest absolute Gasteiger partial charge is 0.217 e. The fourth-order valence-corrected chi connectivity index (χ4v) is 2.24. The summed E-state index contributed by atoms with van der Waals surface area (Å²) < 4.78 is 5.90. The quantitative estimate of drug-likeness (QED) is 0.759. The van der Waals surface area contributed by atoms with E-state index < -0.39 is 0 Å². The second-order valence-corrected chi connectivity index (χ2v) is 4.47. The van der Waals surface area contributed by atoms with Crippen molar-refractivity contribution < 1.29 is 4.74 Å². The van der Waals surface area contributed by atoms with Crippen molar-refractivity contribution in [2.75, 3.05) is 0 Å². The summed E-state index contributed by atoms with van der Waals surface area (Å²) in [7, 11) is 0. The topological polar surface area (TPSA) is 21.6 Å². The maximum Gasteiger partial charge on any atom is 0.217 e. The van der Waals surface area contributed by atoms with Crippen LogP contribution in [0.4, 0.5) is 0 Å². The molecule has 1 unspecified atom stereocenters. The largest absolute Gasteiger partial charge is 0.467 e. The van der Waals surface area contributed by atoms with Crippen LogP contribution in [-0.2, 0) is 4.74 Å². The summed E-state index contributed by atoms with van der Waals surface area (Å²) in [6.07, 6.45) is 1.72. The van der Waals surface area contributed by atoms with Gasteiger partial charge in [-0.25, -0.2) is 4.99 Å². The van der Waals surface area contributed by atoms with E-state index in [9.17, 15) is 0 Å². The number of rotatable bonds is 3. The van der Waals surface area contributed by atoms with Gasteiger partial charge >= 0.3 is 0 Å². The summed E-state index contributed by atoms with van der Waals surface area (Å²) in [4.78, 5) is 4.70. The van der Waals surface area contributed by atoms with Gasteiger partial charge in [-0.2, -0.15) is 0 Å². The molecular weight excluding hydrogens is 234 g/mol. The normalized spacial score (nSPS) is 21.6. The van der Waals surface area contributed by atoms with E-state index in [-0.39, 0.29) is 12.1 Å². The van der Waals surface area contributed by atoms with Crippen molar-refractivity contribution in [3.63, 3.8) is 0 Å². The first kappa shape index (κ1) is 11.7. The molecule has 0 saturated carbocycles. The molecule has 2 atom stereocenters. The van der Waals surface area contributed by atoms with E-state index in [1.165, 1.54) is 0 Å². The molecule has 0 aromatic heterocycles. The third-order valence-electron chi connectivity index (χ3n) is 3.21. The van der Waals surface area contributed by atoms with Crippen molar-refractivity contribution in [2.45, 2.75) is 12.1 Å². The molecule has 2 nitrogen and oxygen atoms in total. The van der Waals surface area contributed by atoms with Gasteiger partial charge in [0.1, 0.15) is 12.1 Å². The molecule has 2 aromatic carbocycles. The molecule has 0 N–H and O–H groups in total. The number of benzene rings is 2. The Labute approximate surface area is 113 Å². The second-order valence-electron chi connectivity index (χ2n) is 4.47. The lowest BCUT2D eigenvalue weighted by molar-refractivity contribution is 0.243. The van der Waals surface area contributed by atoms with Crippen LogP contribution < -0.4 is 0 Å². The molecule has 94 valence electrons. The number of hydrogen-bond donors (Lipinski definition) is 0. The lowest BCUT2D eigenvalue weighted by Gasteiger charge is -2.13. The van der Waals surface area contributed by atoms with Crippen LogP contribution in [0, 0.1) is 0 Å². The van der Waals surface area contributed by atoms with Crippen LogP contribution in [-0.4, -0.2) is 12.0 Å². The van der Waals surface area contributed by atoms with E-state index in [4.69, 9.17) is 9.73 Å². The maximum absolute atomic E-state index is 5.90. The molecule has 0 aliphatic carbocycles. The van der Waals surface area contributed by atoms with Crippen molar-refractivity contribution >= 4 is 5.90 Å². The van der Waals surface area contributed by atoms with Crippen LogP contribution in [0.1, 0.15) is 17.2 Å². The Morgan fingerprint density at radius 2 is 1.58 bits per heavy atom. The van der Waals surface area contributed by atoms with Crippen molar-refractivity contribution in [3.05, 3.63) is 84.4 Å². The van der Waals surface area contributed by atoms with Crippen molar-refractivity contribution in [3.8, 4) is 0 Å². The van der Waals surface area contributed by atoms with Gasteiger partial charge in [-0.3, -0.25) is 0 Å². The number of hydrogen-bond acceptors (Lipinski definition) is 2. The molecular formula is C17H15NO. The lowest BCUT2D eigenvalue weighted by Crippen LogP contribution is -2.13. The minimum Gasteiger partial charge on any atom is -0.467 e. The lowest BCUT2D eigenvalue weighted by atomic mass is 10.0. The Morgan fingerprint density at radius 1 is 0.947 bits per heavy atom. The highest BCUT2D eigenvalue weighted by Crippen LogP contribution is 2.31. The molecule has 0 amide bonds. The highest BCUT2D eigenvalue weighted by Gasteiger charge is 2.30. The second kappa shape index (κ2) is 5.11. The van der Waals surface area contributed by atoms with Gasteiger partial charge in [-0.15, -0.1) is 0 Å². The number of aliphatic imine (C=N–C) groups is 1. The summed E-state index contributed by atoms with van der Waals surface area (Å²) >= 11 is 0. The van der Waals surface area contributed by atoms with E-state index in [0.29, 0.717) is 5.90 Å². The first-order valence-electron chi connectivity index (χ1n) is 6.36. The molecule has 0 fully saturated rings. The predicted molar refractivity (Wildman–Crippen MR) is 77.2 cm³/mol. The zero-order chi connectivity index (χ0) is 13.1. The Kier molecular flexibility index (Phi) is 3.15. The first-order chi connectivity index (χ1) is 9.38. The van der Waals surface area contributed by atoms with Crippen LogP contribution in [0.3, 0.4) is 0 Å². The zero-order valence-electron chi connectivity index (χ0n) is 10.6. The average Bonchev–Trinajstić information content (AvgIpc) is 2.93. The molecule has 0 saturated heterocycles. The molecule has 1 aliphatic rings. The zero-order valence-corrected chi connectivity index (χ0v) is 10.6. The van der Waals surface area contributed by atoms with E-state index in [1.54, 1.807) is 0 Å². The fraction of sp³-hybridized carbons (Fsp3) is 0.118. The van der Waals surface area contributed by atoms with Crippen molar-refractivity contribution in [1.82, 2.24) is 0 Å². The van der Waals surface area contributed by atoms with Gasteiger partial charge in [0.05, 0.1) is 0 Å². The number of ether oxygens (including phenoxy) is 1. The molecule has 0 spiro atoms. The summed E-state index contributed by atoms with van der Waals surface area (Å²) in [5.74, 6) is 0.694. The third-order valence-corrected chi connectivity index (χ3v) is 3.21. The molecule has 2 aromatic rings.